The van der Waals surface area contributed by atoms with Gasteiger partial charge >= 0.3 is 0 Å². The number of likely N-dealkylation sites (tertiary alicyclic amines) is 1. The van der Waals surface area contributed by atoms with Gasteiger partial charge < -0.3 is 11.1 Å². The first-order valence-electron chi connectivity index (χ1n) is 5.93. The van der Waals surface area contributed by atoms with Gasteiger partial charge in [0.05, 0.1) is 0 Å². The van der Waals surface area contributed by atoms with Crippen LogP contribution in [-0.4, -0.2) is 44.0 Å². The fourth-order valence-electron chi connectivity index (χ4n) is 2.26. The van der Waals surface area contributed by atoms with Crippen LogP contribution < -0.4 is 11.1 Å². The lowest BCUT2D eigenvalue weighted by molar-refractivity contribution is -0.119. The second-order valence-corrected chi connectivity index (χ2v) is 4.67. The third kappa shape index (κ3) is 4.77. The van der Waals surface area contributed by atoms with Crippen LogP contribution in [0.3, 0.4) is 0 Å². The summed E-state index contributed by atoms with van der Waals surface area (Å²) >= 11 is 0. The molecule has 0 radical (unpaired) electrons. The number of amides is 1. The lowest BCUT2D eigenvalue weighted by Gasteiger charge is -2.31. The lowest BCUT2D eigenvalue weighted by atomic mass is 9.93. The number of rotatable bonds is 6. The molecule has 1 fully saturated rings. The van der Waals surface area contributed by atoms with Crippen molar-refractivity contribution in [2.75, 3.05) is 33.2 Å². The largest absolute Gasteiger partial charge is 0.370 e. The summed E-state index contributed by atoms with van der Waals surface area (Å²) < 4.78 is 0. The molecule has 0 spiro atoms. The van der Waals surface area contributed by atoms with E-state index in [1.807, 2.05) is 7.05 Å². The van der Waals surface area contributed by atoms with Crippen LogP contribution in [0.25, 0.3) is 0 Å². The zero-order valence-electron chi connectivity index (χ0n) is 10.2. The Morgan fingerprint density at radius 1 is 1.50 bits per heavy atom. The third-order valence-electron chi connectivity index (χ3n) is 3.07. The molecule has 1 saturated heterocycles. The normalized spacial score (nSPS) is 18.6. The smallest absolute Gasteiger partial charge is 0.217 e. The fraction of sp³-hybridized carbons (Fsp3) is 0.750. The van der Waals surface area contributed by atoms with Crippen LogP contribution in [0.2, 0.25) is 0 Å². The molecule has 0 bridgehead atoms. The first kappa shape index (κ1) is 13.2. The van der Waals surface area contributed by atoms with Gasteiger partial charge in [-0.15, -0.1) is 0 Å². The monoisotopic (exact) mass is 225 g/mol. The first-order chi connectivity index (χ1) is 7.61. The summed E-state index contributed by atoms with van der Waals surface area (Å²) in [6, 6.07) is 0. The van der Waals surface area contributed by atoms with Crippen LogP contribution in [-0.2, 0) is 4.79 Å². The van der Waals surface area contributed by atoms with E-state index in [9.17, 15) is 4.79 Å². The van der Waals surface area contributed by atoms with E-state index in [-0.39, 0.29) is 5.91 Å². The Kier molecular flexibility index (Phi) is 5.49. The van der Waals surface area contributed by atoms with Crippen molar-refractivity contribution in [1.29, 1.82) is 0 Å². The van der Waals surface area contributed by atoms with Gasteiger partial charge in [0.15, 0.2) is 0 Å². The summed E-state index contributed by atoms with van der Waals surface area (Å²) in [5.74, 6) is 0.323. The SMILES string of the molecule is C=C(CNC)CN1CCC(CC(N)=O)CC1. The summed E-state index contributed by atoms with van der Waals surface area (Å²) in [5, 5.41) is 3.10. The van der Waals surface area contributed by atoms with E-state index in [0.29, 0.717) is 12.3 Å². The van der Waals surface area contributed by atoms with E-state index < -0.39 is 0 Å². The number of likely N-dealkylation sites (N-methyl/N-ethyl adjacent to an activating group) is 1. The quantitative estimate of drug-likeness (QED) is 0.641. The Bertz CT molecular complexity index is 245. The number of carbonyl (C=O) groups is 1. The van der Waals surface area contributed by atoms with Crippen molar-refractivity contribution in [2.24, 2.45) is 11.7 Å². The maximum Gasteiger partial charge on any atom is 0.217 e. The van der Waals surface area contributed by atoms with Crippen molar-refractivity contribution in [1.82, 2.24) is 10.2 Å². The molecule has 1 amide bonds. The third-order valence-corrected chi connectivity index (χ3v) is 3.07. The van der Waals surface area contributed by atoms with Crippen LogP contribution in [0.15, 0.2) is 12.2 Å². The Balaban J connectivity index is 2.21. The molecule has 0 aromatic rings. The Labute approximate surface area is 97.9 Å². The average molecular weight is 225 g/mol. The molecule has 4 nitrogen and oxygen atoms in total. The highest BCUT2D eigenvalue weighted by atomic mass is 16.1. The molecule has 0 aliphatic carbocycles. The number of piperidine rings is 1. The molecule has 1 aliphatic heterocycles. The topological polar surface area (TPSA) is 58.4 Å². The summed E-state index contributed by atoms with van der Waals surface area (Å²) in [7, 11) is 1.93. The zero-order chi connectivity index (χ0) is 12.0. The van der Waals surface area contributed by atoms with Crippen molar-refractivity contribution < 1.29 is 4.79 Å². The first-order valence-corrected chi connectivity index (χ1v) is 5.93. The van der Waals surface area contributed by atoms with Gasteiger partial charge in [0.2, 0.25) is 5.91 Å². The second-order valence-electron chi connectivity index (χ2n) is 4.67. The van der Waals surface area contributed by atoms with Crippen LogP contribution in [0, 0.1) is 5.92 Å². The zero-order valence-corrected chi connectivity index (χ0v) is 10.2. The second kappa shape index (κ2) is 6.66. The minimum Gasteiger partial charge on any atom is -0.370 e. The summed E-state index contributed by atoms with van der Waals surface area (Å²) in [6.45, 7) is 7.98. The lowest BCUT2D eigenvalue weighted by Crippen LogP contribution is -2.37. The van der Waals surface area contributed by atoms with Crippen molar-refractivity contribution >= 4 is 5.91 Å². The Morgan fingerprint density at radius 3 is 2.62 bits per heavy atom. The van der Waals surface area contributed by atoms with E-state index in [0.717, 1.165) is 39.0 Å². The maximum atomic E-state index is 10.8. The number of nitrogens with zero attached hydrogens (tertiary/aromatic N) is 1. The molecular weight excluding hydrogens is 202 g/mol. The minimum atomic E-state index is -0.168. The van der Waals surface area contributed by atoms with Gasteiger partial charge in [-0.05, 0) is 44.5 Å². The molecule has 4 heteroatoms. The van der Waals surface area contributed by atoms with E-state index in [1.54, 1.807) is 0 Å². The van der Waals surface area contributed by atoms with Crippen LogP contribution in [0.1, 0.15) is 19.3 Å². The van der Waals surface area contributed by atoms with Crippen molar-refractivity contribution in [2.45, 2.75) is 19.3 Å². The molecule has 0 atom stereocenters. The number of carbonyl (C=O) groups excluding carboxylic acids is 1. The van der Waals surface area contributed by atoms with Crippen LogP contribution >= 0.6 is 0 Å². The molecule has 3 N–H and O–H groups in total. The summed E-state index contributed by atoms with van der Waals surface area (Å²) in [6.07, 6.45) is 2.71. The number of hydrogen-bond donors (Lipinski definition) is 2. The van der Waals surface area contributed by atoms with Gasteiger partial charge in [-0.1, -0.05) is 6.58 Å². The van der Waals surface area contributed by atoms with Gasteiger partial charge in [0.1, 0.15) is 0 Å². The maximum absolute atomic E-state index is 10.8. The molecule has 1 heterocycles. The minimum absolute atomic E-state index is 0.168. The van der Waals surface area contributed by atoms with Crippen LogP contribution in [0.4, 0.5) is 0 Å². The van der Waals surface area contributed by atoms with E-state index in [2.05, 4.69) is 16.8 Å². The molecule has 0 unspecified atom stereocenters. The predicted molar refractivity (Wildman–Crippen MR) is 66.0 cm³/mol. The standard InChI is InChI=1S/C12H23N3O/c1-10(8-14-2)9-15-5-3-11(4-6-15)7-12(13)16/h11,14H,1,3-9H2,2H3,(H2,13,16). The van der Waals surface area contributed by atoms with E-state index in [1.165, 1.54) is 5.57 Å². The fourth-order valence-corrected chi connectivity index (χ4v) is 2.26. The number of nitrogens with one attached hydrogen (secondary N) is 1. The van der Waals surface area contributed by atoms with Crippen molar-refractivity contribution in [3.05, 3.63) is 12.2 Å². The average Bonchev–Trinajstić information content (AvgIpc) is 2.20. The Morgan fingerprint density at radius 2 is 2.12 bits per heavy atom. The van der Waals surface area contributed by atoms with Crippen molar-refractivity contribution in [3.63, 3.8) is 0 Å². The number of nitrogens with two attached hydrogens (primary N) is 1. The highest BCUT2D eigenvalue weighted by Crippen LogP contribution is 2.20. The molecular formula is C12H23N3O. The van der Waals surface area contributed by atoms with Gasteiger partial charge in [-0.2, -0.15) is 0 Å². The van der Waals surface area contributed by atoms with Gasteiger partial charge in [0.25, 0.3) is 0 Å². The highest BCUT2D eigenvalue weighted by Gasteiger charge is 2.20. The molecule has 0 aromatic carbocycles. The predicted octanol–water partition coefficient (Wildman–Crippen LogP) is 0.349. The molecule has 1 aliphatic rings. The van der Waals surface area contributed by atoms with Crippen molar-refractivity contribution in [3.8, 4) is 0 Å². The van der Waals surface area contributed by atoms with Crippen LogP contribution in [0.5, 0.6) is 0 Å². The molecule has 16 heavy (non-hydrogen) atoms. The Hall–Kier alpha value is -0.870. The van der Waals surface area contributed by atoms with Gasteiger partial charge in [-0.3, -0.25) is 9.69 Å². The van der Waals surface area contributed by atoms with E-state index in [4.69, 9.17) is 5.73 Å². The number of hydrogen-bond acceptors (Lipinski definition) is 3. The number of primary amides is 1. The summed E-state index contributed by atoms with van der Waals surface area (Å²) in [5.41, 5.74) is 6.42. The molecule has 0 aromatic heterocycles. The summed E-state index contributed by atoms with van der Waals surface area (Å²) in [4.78, 5) is 13.2. The molecule has 92 valence electrons. The van der Waals surface area contributed by atoms with Gasteiger partial charge in [-0.25, -0.2) is 0 Å². The molecule has 0 saturated carbocycles. The molecule has 1 rings (SSSR count). The van der Waals surface area contributed by atoms with Gasteiger partial charge in [0, 0.05) is 19.5 Å². The highest BCUT2D eigenvalue weighted by molar-refractivity contribution is 5.73. The van der Waals surface area contributed by atoms with E-state index >= 15 is 0 Å².